The molecule has 1 amide bonds. The topological polar surface area (TPSA) is 122 Å². The van der Waals surface area contributed by atoms with Crippen molar-refractivity contribution in [2.24, 2.45) is 0 Å². The number of carbonyl (C=O) groups is 1. The lowest BCUT2D eigenvalue weighted by molar-refractivity contribution is -0.383. The minimum atomic E-state index is -0.657. The Kier molecular flexibility index (Phi) is 5.43. The lowest BCUT2D eigenvalue weighted by Crippen LogP contribution is -2.30. The van der Waals surface area contributed by atoms with Gasteiger partial charge < -0.3 is 5.32 Å². The summed E-state index contributed by atoms with van der Waals surface area (Å²) >= 11 is 6.07. The number of hydrogen-bond donors (Lipinski definition) is 3. The minimum Gasteiger partial charge on any atom is -0.333 e. The summed E-state index contributed by atoms with van der Waals surface area (Å²) in [6.07, 6.45) is 1.13. The number of benzene rings is 2. The molecule has 2 aromatic carbocycles. The van der Waals surface area contributed by atoms with Crippen molar-refractivity contribution in [2.45, 2.75) is 0 Å². The molecule has 3 rings (SSSR count). The van der Waals surface area contributed by atoms with Crippen LogP contribution in [-0.4, -0.2) is 20.8 Å². The van der Waals surface area contributed by atoms with Gasteiger partial charge in [-0.2, -0.15) is 0 Å². The summed E-state index contributed by atoms with van der Waals surface area (Å²) in [4.78, 5) is 30.7. The molecule has 136 valence electrons. The number of hydrazine groups is 1. The second kappa shape index (κ2) is 8.11. The first-order chi connectivity index (χ1) is 13.1. The second-order valence-corrected chi connectivity index (χ2v) is 5.63. The number of rotatable bonds is 6. The van der Waals surface area contributed by atoms with Crippen molar-refractivity contribution in [3.05, 3.63) is 81.6 Å². The molecule has 0 spiro atoms. The molecular weight excluding hydrogens is 372 g/mol. The predicted octanol–water partition coefficient (Wildman–Crippen LogP) is 3.54. The maximum atomic E-state index is 12.1. The zero-order valence-electron chi connectivity index (χ0n) is 13.7. The number of amides is 1. The van der Waals surface area contributed by atoms with Gasteiger partial charge in [0.2, 0.25) is 11.6 Å². The zero-order chi connectivity index (χ0) is 19.2. The number of aromatic nitrogens is 2. The Labute approximate surface area is 158 Å². The molecule has 0 saturated heterocycles. The lowest BCUT2D eigenvalue weighted by atomic mass is 10.2. The first kappa shape index (κ1) is 18.1. The minimum absolute atomic E-state index is 0.0699. The predicted molar refractivity (Wildman–Crippen MR) is 101 cm³/mol. The third kappa shape index (κ3) is 4.28. The molecule has 9 nitrogen and oxygen atoms in total. The first-order valence-corrected chi connectivity index (χ1v) is 8.06. The summed E-state index contributed by atoms with van der Waals surface area (Å²) in [5.41, 5.74) is 5.23. The van der Waals surface area contributed by atoms with Gasteiger partial charge in [0.1, 0.15) is 6.33 Å². The molecular formula is C17H13ClN6O3. The monoisotopic (exact) mass is 384 g/mol. The number of nitro groups is 1. The lowest BCUT2D eigenvalue weighted by Gasteiger charge is -2.11. The Morgan fingerprint density at radius 3 is 2.37 bits per heavy atom. The summed E-state index contributed by atoms with van der Waals surface area (Å²) in [5, 5.41) is 14.7. The van der Waals surface area contributed by atoms with Crippen LogP contribution in [0.15, 0.2) is 60.9 Å². The van der Waals surface area contributed by atoms with Crippen molar-refractivity contribution < 1.29 is 9.72 Å². The molecule has 0 aliphatic carbocycles. The Morgan fingerprint density at radius 1 is 1.00 bits per heavy atom. The smallest absolute Gasteiger partial charge is 0.333 e. The van der Waals surface area contributed by atoms with E-state index in [0.29, 0.717) is 16.3 Å². The third-order valence-corrected chi connectivity index (χ3v) is 3.79. The van der Waals surface area contributed by atoms with Gasteiger partial charge in [0.15, 0.2) is 0 Å². The summed E-state index contributed by atoms with van der Waals surface area (Å²) < 4.78 is 0. The van der Waals surface area contributed by atoms with Crippen LogP contribution < -0.4 is 16.2 Å². The van der Waals surface area contributed by atoms with E-state index in [-0.39, 0.29) is 11.6 Å². The summed E-state index contributed by atoms with van der Waals surface area (Å²) in [7, 11) is 0. The molecule has 27 heavy (non-hydrogen) atoms. The van der Waals surface area contributed by atoms with Gasteiger partial charge in [0.25, 0.3) is 5.91 Å². The van der Waals surface area contributed by atoms with Crippen LogP contribution in [0.1, 0.15) is 10.4 Å². The number of anilines is 3. The van der Waals surface area contributed by atoms with Gasteiger partial charge in [-0.15, -0.1) is 0 Å². The largest absolute Gasteiger partial charge is 0.355 e. The van der Waals surface area contributed by atoms with Gasteiger partial charge in [0.05, 0.1) is 15.6 Å². The van der Waals surface area contributed by atoms with Crippen LogP contribution in [0.4, 0.5) is 23.0 Å². The molecule has 0 saturated carbocycles. The SMILES string of the molecule is O=C(NNc1ncnc(Nc2ccccc2Cl)c1[N+](=O)[O-])c1ccccc1. The van der Waals surface area contributed by atoms with Crippen LogP contribution in [-0.2, 0) is 0 Å². The fourth-order valence-corrected chi connectivity index (χ4v) is 2.39. The third-order valence-electron chi connectivity index (χ3n) is 3.46. The van der Waals surface area contributed by atoms with Crippen molar-refractivity contribution in [3.63, 3.8) is 0 Å². The molecule has 0 bridgehead atoms. The van der Waals surface area contributed by atoms with Crippen molar-refractivity contribution in [3.8, 4) is 0 Å². The number of nitrogens with one attached hydrogen (secondary N) is 3. The Balaban J connectivity index is 1.84. The highest BCUT2D eigenvalue weighted by atomic mass is 35.5. The van der Waals surface area contributed by atoms with E-state index < -0.39 is 16.5 Å². The second-order valence-electron chi connectivity index (χ2n) is 5.23. The average Bonchev–Trinajstić information content (AvgIpc) is 2.68. The van der Waals surface area contributed by atoms with Gasteiger partial charge in [-0.3, -0.25) is 25.8 Å². The fraction of sp³-hybridized carbons (Fsp3) is 0. The van der Waals surface area contributed by atoms with E-state index in [1.807, 2.05) is 0 Å². The van der Waals surface area contributed by atoms with E-state index in [4.69, 9.17) is 11.6 Å². The van der Waals surface area contributed by atoms with Gasteiger partial charge in [-0.1, -0.05) is 41.9 Å². The Bertz CT molecular complexity index is 983. The molecule has 1 heterocycles. The highest BCUT2D eigenvalue weighted by Gasteiger charge is 2.24. The number of nitrogens with zero attached hydrogens (tertiary/aromatic N) is 3. The molecule has 0 radical (unpaired) electrons. The number of hydrogen-bond acceptors (Lipinski definition) is 7. The Hall–Kier alpha value is -3.72. The van der Waals surface area contributed by atoms with Crippen molar-refractivity contribution in [1.82, 2.24) is 15.4 Å². The van der Waals surface area contributed by atoms with E-state index in [1.54, 1.807) is 54.6 Å². The number of para-hydroxylation sites is 1. The molecule has 0 aliphatic heterocycles. The van der Waals surface area contributed by atoms with Crippen LogP contribution in [0.25, 0.3) is 0 Å². The maximum Gasteiger partial charge on any atom is 0.355 e. The molecule has 3 aromatic rings. The molecule has 3 N–H and O–H groups in total. The molecule has 0 fully saturated rings. The number of carbonyl (C=O) groups excluding carboxylic acids is 1. The van der Waals surface area contributed by atoms with Crippen LogP contribution >= 0.6 is 11.6 Å². The van der Waals surface area contributed by atoms with Gasteiger partial charge in [0, 0.05) is 5.56 Å². The summed E-state index contributed by atoms with van der Waals surface area (Å²) in [6, 6.07) is 15.1. The fourth-order valence-electron chi connectivity index (χ4n) is 2.20. The Morgan fingerprint density at radius 2 is 1.67 bits per heavy atom. The summed E-state index contributed by atoms with van der Waals surface area (Å²) in [6.45, 7) is 0. The van der Waals surface area contributed by atoms with Crippen LogP contribution in [0.3, 0.4) is 0 Å². The highest BCUT2D eigenvalue weighted by molar-refractivity contribution is 6.33. The van der Waals surface area contributed by atoms with Gasteiger partial charge in [-0.05, 0) is 24.3 Å². The molecule has 0 atom stereocenters. The van der Waals surface area contributed by atoms with Gasteiger partial charge >= 0.3 is 5.69 Å². The average molecular weight is 385 g/mol. The first-order valence-electron chi connectivity index (χ1n) is 7.68. The summed E-state index contributed by atoms with van der Waals surface area (Å²) in [5.74, 6) is -0.711. The van der Waals surface area contributed by atoms with Crippen molar-refractivity contribution in [2.75, 3.05) is 10.7 Å². The van der Waals surface area contributed by atoms with E-state index in [2.05, 4.69) is 26.1 Å². The normalized spacial score (nSPS) is 10.1. The van der Waals surface area contributed by atoms with Crippen molar-refractivity contribution >= 4 is 40.5 Å². The molecule has 10 heteroatoms. The van der Waals surface area contributed by atoms with E-state index in [1.165, 1.54) is 0 Å². The standard InChI is InChI=1S/C17H13ClN6O3/c18-12-8-4-5-9-13(12)21-15-14(24(26)27)16(20-10-19-15)22-23-17(25)11-6-2-1-3-7-11/h1-10H,(H,23,25)(H2,19,20,21,22). The number of halogens is 1. The molecule has 0 aliphatic rings. The van der Waals surface area contributed by atoms with E-state index >= 15 is 0 Å². The van der Waals surface area contributed by atoms with Gasteiger partial charge in [-0.25, -0.2) is 9.97 Å². The van der Waals surface area contributed by atoms with Crippen molar-refractivity contribution in [1.29, 1.82) is 0 Å². The van der Waals surface area contributed by atoms with E-state index in [0.717, 1.165) is 6.33 Å². The zero-order valence-corrected chi connectivity index (χ0v) is 14.5. The van der Waals surface area contributed by atoms with Crippen LogP contribution in [0, 0.1) is 10.1 Å². The molecule has 1 aromatic heterocycles. The van der Waals surface area contributed by atoms with Crippen LogP contribution in [0.5, 0.6) is 0 Å². The molecule has 0 unspecified atom stereocenters. The quantitative estimate of drug-likeness (QED) is 0.438. The highest BCUT2D eigenvalue weighted by Crippen LogP contribution is 2.32. The van der Waals surface area contributed by atoms with E-state index in [9.17, 15) is 14.9 Å². The maximum absolute atomic E-state index is 12.1. The van der Waals surface area contributed by atoms with Crippen LogP contribution in [0.2, 0.25) is 5.02 Å².